The summed E-state index contributed by atoms with van der Waals surface area (Å²) in [7, 11) is 0. The fraction of sp³-hybridized carbons (Fsp3) is 0.500. The van der Waals surface area contributed by atoms with Crippen molar-refractivity contribution < 1.29 is 0 Å². The summed E-state index contributed by atoms with van der Waals surface area (Å²) in [4.78, 5) is 4.72. The minimum atomic E-state index is 0.857. The quantitative estimate of drug-likeness (QED) is 0.802. The number of hydrogen-bond donors (Lipinski definition) is 1. The van der Waals surface area contributed by atoms with Crippen molar-refractivity contribution in [1.82, 2.24) is 14.9 Å². The Kier molecular flexibility index (Phi) is 3.79. The second-order valence-electron chi connectivity index (χ2n) is 4.44. The Labute approximate surface area is 103 Å². The maximum Gasteiger partial charge on any atom is 0.123 e. The molecule has 92 valence electrons. The third-order valence-corrected chi connectivity index (χ3v) is 3.01. The number of fused-ring (bicyclic) bond motifs is 1. The molecule has 2 rings (SSSR count). The van der Waals surface area contributed by atoms with Crippen LogP contribution in [-0.2, 0) is 13.1 Å². The van der Waals surface area contributed by atoms with Gasteiger partial charge in [-0.3, -0.25) is 0 Å². The van der Waals surface area contributed by atoms with Crippen LogP contribution in [-0.4, -0.2) is 16.1 Å². The Morgan fingerprint density at radius 2 is 2.12 bits per heavy atom. The van der Waals surface area contributed by atoms with E-state index in [0.717, 1.165) is 37.4 Å². The van der Waals surface area contributed by atoms with E-state index in [2.05, 4.69) is 48.9 Å². The first kappa shape index (κ1) is 12.1. The van der Waals surface area contributed by atoms with Crippen LogP contribution in [0, 0.1) is 6.92 Å². The van der Waals surface area contributed by atoms with E-state index in [4.69, 9.17) is 4.98 Å². The smallest absolute Gasteiger partial charge is 0.123 e. The predicted octanol–water partition coefficient (Wildman–Crippen LogP) is 2.86. The van der Waals surface area contributed by atoms with Crippen LogP contribution in [0.4, 0.5) is 0 Å². The molecule has 0 amide bonds. The number of benzene rings is 1. The van der Waals surface area contributed by atoms with Crippen molar-refractivity contribution in [2.24, 2.45) is 0 Å². The molecule has 0 unspecified atom stereocenters. The minimum absolute atomic E-state index is 0.857. The number of nitrogens with zero attached hydrogens (tertiary/aromatic N) is 2. The average Bonchev–Trinajstić information content (AvgIpc) is 2.66. The summed E-state index contributed by atoms with van der Waals surface area (Å²) in [6.45, 7) is 9.34. The van der Waals surface area contributed by atoms with Gasteiger partial charge in [-0.2, -0.15) is 0 Å². The molecule has 0 radical (unpaired) electrons. The van der Waals surface area contributed by atoms with Crippen molar-refractivity contribution in [3.8, 4) is 0 Å². The first-order valence-electron chi connectivity index (χ1n) is 6.42. The summed E-state index contributed by atoms with van der Waals surface area (Å²) in [5.41, 5.74) is 3.62. The molecule has 0 fully saturated rings. The zero-order chi connectivity index (χ0) is 12.3. The van der Waals surface area contributed by atoms with Gasteiger partial charge in [0.15, 0.2) is 0 Å². The van der Waals surface area contributed by atoms with Gasteiger partial charge in [0.05, 0.1) is 17.6 Å². The lowest BCUT2D eigenvalue weighted by Crippen LogP contribution is -2.17. The van der Waals surface area contributed by atoms with Crippen LogP contribution in [0.3, 0.4) is 0 Å². The first-order chi connectivity index (χ1) is 8.26. The summed E-state index contributed by atoms with van der Waals surface area (Å²) in [6.07, 6.45) is 1.16. The largest absolute Gasteiger partial charge is 0.327 e. The van der Waals surface area contributed by atoms with Crippen molar-refractivity contribution in [2.45, 2.75) is 40.3 Å². The molecule has 1 aromatic carbocycles. The molecule has 3 heteroatoms. The van der Waals surface area contributed by atoms with E-state index in [-0.39, 0.29) is 0 Å². The van der Waals surface area contributed by atoms with Gasteiger partial charge in [0, 0.05) is 6.54 Å². The number of hydrogen-bond acceptors (Lipinski definition) is 2. The molecule has 0 aliphatic heterocycles. The Balaban J connectivity index is 2.34. The number of aromatic nitrogens is 2. The van der Waals surface area contributed by atoms with Gasteiger partial charge < -0.3 is 9.88 Å². The SMILES string of the molecule is CCCNCc1nc2cc(C)ccc2n1CC. The molecule has 0 aliphatic carbocycles. The summed E-state index contributed by atoms with van der Waals surface area (Å²) < 4.78 is 2.29. The Bertz CT molecular complexity index is 499. The van der Waals surface area contributed by atoms with Crippen LogP contribution < -0.4 is 5.32 Å². The minimum Gasteiger partial charge on any atom is -0.327 e. The van der Waals surface area contributed by atoms with Crippen molar-refractivity contribution in [3.63, 3.8) is 0 Å². The number of nitrogens with one attached hydrogen (secondary N) is 1. The molecular formula is C14H21N3. The van der Waals surface area contributed by atoms with E-state index in [0.29, 0.717) is 0 Å². The van der Waals surface area contributed by atoms with Crippen LogP contribution in [0.25, 0.3) is 11.0 Å². The van der Waals surface area contributed by atoms with Gasteiger partial charge in [0.1, 0.15) is 5.82 Å². The molecule has 0 aliphatic rings. The van der Waals surface area contributed by atoms with Gasteiger partial charge in [-0.1, -0.05) is 13.0 Å². The van der Waals surface area contributed by atoms with Gasteiger partial charge >= 0.3 is 0 Å². The monoisotopic (exact) mass is 231 g/mol. The van der Waals surface area contributed by atoms with E-state index in [9.17, 15) is 0 Å². The topological polar surface area (TPSA) is 29.9 Å². The van der Waals surface area contributed by atoms with Gasteiger partial charge in [-0.25, -0.2) is 4.98 Å². The zero-order valence-corrected chi connectivity index (χ0v) is 11.0. The zero-order valence-electron chi connectivity index (χ0n) is 11.0. The highest BCUT2D eigenvalue weighted by atomic mass is 15.1. The van der Waals surface area contributed by atoms with Gasteiger partial charge in [0.25, 0.3) is 0 Å². The molecule has 1 aromatic heterocycles. The fourth-order valence-corrected chi connectivity index (χ4v) is 2.15. The number of aryl methyl sites for hydroxylation is 2. The summed E-state index contributed by atoms with van der Waals surface area (Å²) in [5, 5.41) is 3.42. The number of imidazole rings is 1. The highest BCUT2D eigenvalue weighted by molar-refractivity contribution is 5.76. The molecule has 0 bridgehead atoms. The maximum absolute atomic E-state index is 4.72. The average molecular weight is 231 g/mol. The Hall–Kier alpha value is -1.35. The van der Waals surface area contributed by atoms with Gasteiger partial charge in [-0.15, -0.1) is 0 Å². The summed E-state index contributed by atoms with van der Waals surface area (Å²) in [5.74, 6) is 1.14. The van der Waals surface area contributed by atoms with E-state index >= 15 is 0 Å². The predicted molar refractivity (Wildman–Crippen MR) is 72.1 cm³/mol. The van der Waals surface area contributed by atoms with Crippen LogP contribution in [0.5, 0.6) is 0 Å². The lowest BCUT2D eigenvalue weighted by molar-refractivity contribution is 0.615. The van der Waals surface area contributed by atoms with E-state index in [1.54, 1.807) is 0 Å². The lowest BCUT2D eigenvalue weighted by Gasteiger charge is -2.06. The van der Waals surface area contributed by atoms with Crippen molar-refractivity contribution in [1.29, 1.82) is 0 Å². The molecule has 0 atom stereocenters. The second kappa shape index (κ2) is 5.32. The Morgan fingerprint density at radius 3 is 2.82 bits per heavy atom. The van der Waals surface area contributed by atoms with Crippen LogP contribution in [0.2, 0.25) is 0 Å². The molecule has 3 nitrogen and oxygen atoms in total. The number of rotatable bonds is 5. The third kappa shape index (κ3) is 2.50. The molecule has 17 heavy (non-hydrogen) atoms. The van der Waals surface area contributed by atoms with E-state index in [1.165, 1.54) is 11.1 Å². The molecule has 0 saturated heterocycles. The lowest BCUT2D eigenvalue weighted by atomic mass is 10.2. The van der Waals surface area contributed by atoms with Crippen molar-refractivity contribution in [2.75, 3.05) is 6.54 Å². The highest BCUT2D eigenvalue weighted by Gasteiger charge is 2.08. The van der Waals surface area contributed by atoms with E-state index < -0.39 is 0 Å². The van der Waals surface area contributed by atoms with Gasteiger partial charge in [0.2, 0.25) is 0 Å². The van der Waals surface area contributed by atoms with E-state index in [1.807, 2.05) is 0 Å². The third-order valence-electron chi connectivity index (χ3n) is 3.01. The molecule has 2 aromatic rings. The second-order valence-corrected chi connectivity index (χ2v) is 4.44. The summed E-state index contributed by atoms with van der Waals surface area (Å²) in [6, 6.07) is 6.48. The molecule has 1 N–H and O–H groups in total. The normalized spacial score (nSPS) is 11.2. The van der Waals surface area contributed by atoms with Crippen LogP contribution in [0.1, 0.15) is 31.7 Å². The highest BCUT2D eigenvalue weighted by Crippen LogP contribution is 2.17. The standard InChI is InChI=1S/C14H21N3/c1-4-8-15-10-14-16-12-9-11(3)6-7-13(12)17(14)5-2/h6-7,9,15H,4-5,8,10H2,1-3H3. The van der Waals surface area contributed by atoms with Crippen LogP contribution in [0.15, 0.2) is 18.2 Å². The van der Waals surface area contributed by atoms with Crippen molar-refractivity contribution >= 4 is 11.0 Å². The fourth-order valence-electron chi connectivity index (χ4n) is 2.15. The Morgan fingerprint density at radius 1 is 1.29 bits per heavy atom. The van der Waals surface area contributed by atoms with Crippen molar-refractivity contribution in [3.05, 3.63) is 29.6 Å². The maximum atomic E-state index is 4.72. The van der Waals surface area contributed by atoms with Gasteiger partial charge in [-0.05, 0) is 44.5 Å². The molecule has 0 spiro atoms. The molecule has 0 saturated carbocycles. The first-order valence-corrected chi connectivity index (χ1v) is 6.42. The summed E-state index contributed by atoms with van der Waals surface area (Å²) >= 11 is 0. The molecular weight excluding hydrogens is 210 g/mol. The van der Waals surface area contributed by atoms with Crippen LogP contribution >= 0.6 is 0 Å². The molecule has 1 heterocycles.